The first kappa shape index (κ1) is 14.9. The van der Waals surface area contributed by atoms with Gasteiger partial charge in [-0.05, 0) is 18.5 Å². The minimum atomic E-state index is -1.41. The highest BCUT2D eigenvalue weighted by molar-refractivity contribution is 7.77. The summed E-state index contributed by atoms with van der Waals surface area (Å²) < 4.78 is 0. The molecule has 0 aromatic heterocycles. The van der Waals surface area contributed by atoms with Crippen LogP contribution in [0.5, 0.6) is 0 Å². The monoisotopic (exact) mass is 300 g/mol. The molecular weight excluding hydrogens is 287 g/mol. The predicted molar refractivity (Wildman–Crippen MR) is 82.4 cm³/mol. The molecule has 2 aromatic carbocycles. The average Bonchev–Trinajstić information content (AvgIpc) is 2.48. The summed E-state index contributed by atoms with van der Waals surface area (Å²) in [6.45, 7) is 0. The van der Waals surface area contributed by atoms with E-state index in [-0.39, 0.29) is 5.31 Å². The molecule has 2 rings (SSSR count). The van der Waals surface area contributed by atoms with Crippen LogP contribution in [-0.2, 0) is 9.59 Å². The Morgan fingerprint density at radius 3 is 1.57 bits per heavy atom. The molecule has 0 heterocycles. The summed E-state index contributed by atoms with van der Waals surface area (Å²) >= 11 is 0. The van der Waals surface area contributed by atoms with E-state index in [2.05, 4.69) is 0 Å². The molecule has 0 aliphatic carbocycles. The SMILES string of the molecule is O=C(O)/C=C(\C(=O)O)P(c1ccccc1)c1ccccc1. The Balaban J connectivity index is 2.61. The Morgan fingerprint density at radius 2 is 1.24 bits per heavy atom. The summed E-state index contributed by atoms with van der Waals surface area (Å²) in [7, 11) is -1.41. The van der Waals surface area contributed by atoms with E-state index >= 15 is 0 Å². The van der Waals surface area contributed by atoms with Crippen LogP contribution < -0.4 is 10.6 Å². The number of benzene rings is 2. The lowest BCUT2D eigenvalue weighted by molar-refractivity contribution is -0.134. The molecule has 4 nitrogen and oxygen atoms in total. The molecule has 0 fully saturated rings. The maximum Gasteiger partial charge on any atom is 0.337 e. The van der Waals surface area contributed by atoms with Crippen molar-refractivity contribution in [2.45, 2.75) is 0 Å². The second kappa shape index (κ2) is 6.82. The molecule has 0 unspecified atom stereocenters. The fourth-order valence-electron chi connectivity index (χ4n) is 1.92. The summed E-state index contributed by atoms with van der Waals surface area (Å²) in [5, 5.41) is 19.8. The Morgan fingerprint density at radius 1 is 0.810 bits per heavy atom. The van der Waals surface area contributed by atoms with Crippen LogP contribution in [0.2, 0.25) is 0 Å². The zero-order chi connectivity index (χ0) is 15.2. The van der Waals surface area contributed by atoms with Crippen LogP contribution in [0.25, 0.3) is 0 Å². The van der Waals surface area contributed by atoms with E-state index in [1.54, 1.807) is 0 Å². The van der Waals surface area contributed by atoms with E-state index in [0.717, 1.165) is 16.7 Å². The molecule has 0 aliphatic rings. The molecular formula is C16H13O4P. The largest absolute Gasteiger partial charge is 0.478 e. The summed E-state index contributed by atoms with van der Waals surface area (Å²) in [4.78, 5) is 22.5. The van der Waals surface area contributed by atoms with E-state index in [1.807, 2.05) is 60.7 Å². The van der Waals surface area contributed by atoms with Crippen molar-refractivity contribution in [3.63, 3.8) is 0 Å². The number of carboxylic acid groups (broad SMARTS) is 2. The van der Waals surface area contributed by atoms with Crippen molar-refractivity contribution in [3.8, 4) is 0 Å². The van der Waals surface area contributed by atoms with Crippen LogP contribution >= 0.6 is 7.92 Å². The number of carbonyl (C=O) groups is 2. The summed E-state index contributed by atoms with van der Waals surface area (Å²) in [6.07, 6.45) is 0.786. The van der Waals surface area contributed by atoms with E-state index in [0.29, 0.717) is 0 Å². The van der Waals surface area contributed by atoms with Gasteiger partial charge in [-0.1, -0.05) is 60.7 Å². The predicted octanol–water partition coefficient (Wildman–Crippen LogP) is 2.17. The van der Waals surface area contributed by atoms with Gasteiger partial charge < -0.3 is 10.2 Å². The first-order chi connectivity index (χ1) is 10.1. The van der Waals surface area contributed by atoms with E-state index < -0.39 is 19.9 Å². The fourth-order valence-corrected chi connectivity index (χ4v) is 4.15. The quantitative estimate of drug-likeness (QED) is 0.655. The maximum absolute atomic E-state index is 11.5. The molecule has 21 heavy (non-hydrogen) atoms. The third kappa shape index (κ3) is 3.77. The summed E-state index contributed by atoms with van der Waals surface area (Å²) in [6, 6.07) is 18.2. The number of hydrogen-bond acceptors (Lipinski definition) is 2. The van der Waals surface area contributed by atoms with Crippen molar-refractivity contribution in [2.24, 2.45) is 0 Å². The van der Waals surface area contributed by atoms with Crippen LogP contribution in [0, 0.1) is 0 Å². The molecule has 0 bridgehead atoms. The first-order valence-electron chi connectivity index (χ1n) is 6.17. The minimum absolute atomic E-state index is 0.102. The van der Waals surface area contributed by atoms with Gasteiger partial charge in [-0.2, -0.15) is 0 Å². The van der Waals surface area contributed by atoms with Gasteiger partial charge in [-0.3, -0.25) is 0 Å². The van der Waals surface area contributed by atoms with Gasteiger partial charge in [0.2, 0.25) is 0 Å². The number of rotatable bonds is 5. The van der Waals surface area contributed by atoms with E-state index in [1.165, 1.54) is 0 Å². The van der Waals surface area contributed by atoms with Crippen molar-refractivity contribution in [3.05, 3.63) is 72.1 Å². The summed E-state index contributed by atoms with van der Waals surface area (Å²) in [5.74, 6) is -2.47. The van der Waals surface area contributed by atoms with Crippen LogP contribution in [-0.4, -0.2) is 22.2 Å². The van der Waals surface area contributed by atoms with Gasteiger partial charge in [0, 0.05) is 6.08 Å². The van der Waals surface area contributed by atoms with Crippen molar-refractivity contribution < 1.29 is 19.8 Å². The van der Waals surface area contributed by atoms with Crippen LogP contribution in [0.15, 0.2) is 72.1 Å². The van der Waals surface area contributed by atoms with Gasteiger partial charge >= 0.3 is 11.9 Å². The molecule has 106 valence electrons. The van der Waals surface area contributed by atoms with Crippen molar-refractivity contribution in [1.29, 1.82) is 0 Å². The normalized spacial score (nSPS) is 11.4. The molecule has 2 aromatic rings. The second-order valence-electron chi connectivity index (χ2n) is 4.18. The molecule has 2 N–H and O–H groups in total. The van der Waals surface area contributed by atoms with Crippen molar-refractivity contribution in [1.82, 2.24) is 0 Å². The maximum atomic E-state index is 11.5. The van der Waals surface area contributed by atoms with Gasteiger partial charge in [0.1, 0.15) is 0 Å². The minimum Gasteiger partial charge on any atom is -0.478 e. The van der Waals surface area contributed by atoms with Gasteiger partial charge in [0.25, 0.3) is 0 Å². The van der Waals surface area contributed by atoms with Crippen LogP contribution in [0.3, 0.4) is 0 Å². The van der Waals surface area contributed by atoms with E-state index in [9.17, 15) is 14.7 Å². The Bertz CT molecular complexity index is 626. The lowest BCUT2D eigenvalue weighted by Crippen LogP contribution is -2.17. The molecule has 5 heteroatoms. The van der Waals surface area contributed by atoms with Gasteiger partial charge in [0.15, 0.2) is 0 Å². The van der Waals surface area contributed by atoms with E-state index in [4.69, 9.17) is 5.11 Å². The fraction of sp³-hybridized carbons (Fsp3) is 0. The average molecular weight is 300 g/mol. The smallest absolute Gasteiger partial charge is 0.337 e. The van der Waals surface area contributed by atoms with Gasteiger partial charge in [-0.15, -0.1) is 0 Å². The van der Waals surface area contributed by atoms with Crippen molar-refractivity contribution in [2.75, 3.05) is 0 Å². The molecule has 0 aliphatic heterocycles. The summed E-state index contributed by atoms with van der Waals surface area (Å²) in [5.41, 5.74) is 0. The number of hydrogen-bond donors (Lipinski definition) is 2. The molecule has 0 amide bonds. The molecule has 0 radical (unpaired) electrons. The van der Waals surface area contributed by atoms with Crippen molar-refractivity contribution >= 4 is 30.5 Å². The standard InChI is InChI=1S/C16H13O4P/c17-15(18)11-14(16(19)20)21(12-7-3-1-4-8-12)13-9-5-2-6-10-13/h1-11H,(H,17,18)(H,19,20)/b14-11+. The zero-order valence-corrected chi connectivity index (χ0v) is 11.9. The number of aliphatic carboxylic acids is 2. The Kier molecular flexibility index (Phi) is 4.85. The molecule has 0 atom stereocenters. The second-order valence-corrected chi connectivity index (χ2v) is 6.36. The third-order valence-electron chi connectivity index (χ3n) is 2.75. The third-order valence-corrected chi connectivity index (χ3v) is 5.18. The lowest BCUT2D eigenvalue weighted by atomic mass is 10.4. The number of carboxylic acids is 2. The molecule has 0 saturated heterocycles. The highest BCUT2D eigenvalue weighted by Crippen LogP contribution is 2.42. The zero-order valence-electron chi connectivity index (χ0n) is 11.0. The van der Waals surface area contributed by atoms with Crippen LogP contribution in [0.1, 0.15) is 0 Å². The molecule has 0 spiro atoms. The first-order valence-corrected chi connectivity index (χ1v) is 7.52. The molecule has 0 saturated carbocycles. The topological polar surface area (TPSA) is 74.6 Å². The van der Waals surface area contributed by atoms with Gasteiger partial charge in [0.05, 0.1) is 5.31 Å². The Hall–Kier alpha value is -2.45. The lowest BCUT2D eigenvalue weighted by Gasteiger charge is -2.19. The highest BCUT2D eigenvalue weighted by atomic mass is 31.1. The Labute approximate surface area is 123 Å². The van der Waals surface area contributed by atoms with Gasteiger partial charge in [-0.25, -0.2) is 9.59 Å². The van der Waals surface area contributed by atoms with Crippen LogP contribution in [0.4, 0.5) is 0 Å². The highest BCUT2D eigenvalue weighted by Gasteiger charge is 2.24.